The van der Waals surface area contributed by atoms with Crippen molar-refractivity contribution in [1.29, 1.82) is 0 Å². The van der Waals surface area contributed by atoms with Gasteiger partial charge >= 0.3 is 0 Å². The lowest BCUT2D eigenvalue weighted by molar-refractivity contribution is -0.113. The van der Waals surface area contributed by atoms with E-state index in [2.05, 4.69) is 29.4 Å². The largest absolute Gasteiger partial charge is 0.325 e. The van der Waals surface area contributed by atoms with Crippen LogP contribution in [0.2, 0.25) is 0 Å². The summed E-state index contributed by atoms with van der Waals surface area (Å²) in [6.45, 7) is 6.23. The van der Waals surface area contributed by atoms with Crippen molar-refractivity contribution in [1.82, 2.24) is 10.2 Å². The molecule has 0 unspecified atom stereocenters. The monoisotopic (exact) mass is 353 g/mol. The number of hydrogen-bond donors (Lipinski definition) is 1. The molecule has 7 heteroatoms. The van der Waals surface area contributed by atoms with E-state index in [0.29, 0.717) is 5.75 Å². The van der Waals surface area contributed by atoms with Crippen molar-refractivity contribution in [3.63, 3.8) is 0 Å². The Kier molecular flexibility index (Phi) is 6.72. The second kappa shape index (κ2) is 8.55. The number of anilines is 1. The highest BCUT2D eigenvalue weighted by Gasteiger charge is 2.09. The quantitative estimate of drug-likeness (QED) is 0.748. The smallest absolute Gasteiger partial charge is 0.234 e. The molecule has 0 radical (unpaired) electrons. The molecule has 0 aliphatic heterocycles. The average molecular weight is 354 g/mol. The van der Waals surface area contributed by atoms with Gasteiger partial charge in [-0.15, -0.1) is 10.2 Å². The summed E-state index contributed by atoms with van der Waals surface area (Å²) in [5.74, 6) is 1.37. The molecule has 0 aliphatic rings. The summed E-state index contributed by atoms with van der Waals surface area (Å²) in [5, 5.41) is 11.1. The molecule has 1 heterocycles. The van der Waals surface area contributed by atoms with E-state index in [1.54, 1.807) is 23.1 Å². The topological polar surface area (TPSA) is 54.9 Å². The number of rotatable bonds is 7. The summed E-state index contributed by atoms with van der Waals surface area (Å²) in [5.41, 5.74) is 3.23. The van der Waals surface area contributed by atoms with E-state index in [1.165, 1.54) is 22.9 Å². The van der Waals surface area contributed by atoms with Gasteiger partial charge in [0.05, 0.1) is 5.75 Å². The van der Waals surface area contributed by atoms with Gasteiger partial charge in [-0.25, -0.2) is 0 Å². The minimum absolute atomic E-state index is 0.0220. The van der Waals surface area contributed by atoms with E-state index in [4.69, 9.17) is 0 Å². The Hall–Kier alpha value is -1.05. The fraction of sp³-hybridized carbons (Fsp3) is 0.400. The van der Waals surface area contributed by atoms with Crippen molar-refractivity contribution in [3.05, 3.63) is 29.3 Å². The Morgan fingerprint density at radius 2 is 1.91 bits per heavy atom. The highest BCUT2D eigenvalue weighted by molar-refractivity contribution is 8.03. The van der Waals surface area contributed by atoms with Gasteiger partial charge in [0.25, 0.3) is 0 Å². The van der Waals surface area contributed by atoms with Gasteiger partial charge in [0, 0.05) is 11.4 Å². The van der Waals surface area contributed by atoms with Gasteiger partial charge in [0.2, 0.25) is 5.91 Å². The molecule has 1 aromatic carbocycles. The first-order valence-electron chi connectivity index (χ1n) is 7.04. The fourth-order valence-corrected chi connectivity index (χ4v) is 4.39. The van der Waals surface area contributed by atoms with Crippen molar-refractivity contribution in [3.8, 4) is 0 Å². The van der Waals surface area contributed by atoms with E-state index in [9.17, 15) is 4.79 Å². The van der Waals surface area contributed by atoms with Crippen LogP contribution >= 0.6 is 34.9 Å². The van der Waals surface area contributed by atoms with Crippen LogP contribution in [0.4, 0.5) is 5.69 Å². The minimum atomic E-state index is -0.0220. The molecule has 0 bridgehead atoms. The lowest BCUT2D eigenvalue weighted by Crippen LogP contribution is -2.14. The van der Waals surface area contributed by atoms with Gasteiger partial charge in [-0.3, -0.25) is 4.79 Å². The van der Waals surface area contributed by atoms with Crippen LogP contribution in [-0.4, -0.2) is 27.6 Å². The molecule has 0 aliphatic carbocycles. The maximum absolute atomic E-state index is 12.0. The predicted octanol–water partition coefficient (Wildman–Crippen LogP) is 4.39. The second-order valence-electron chi connectivity index (χ2n) is 4.82. The second-order valence-corrected chi connectivity index (χ2v) is 8.36. The summed E-state index contributed by atoms with van der Waals surface area (Å²) in [4.78, 5) is 12.0. The maximum atomic E-state index is 12.0. The Balaban J connectivity index is 1.82. The summed E-state index contributed by atoms with van der Waals surface area (Å²) in [6.07, 6.45) is 1.12. The van der Waals surface area contributed by atoms with Crippen LogP contribution in [0.3, 0.4) is 0 Å². The SMILES string of the molecule is CCCSc1nnc(SCC(=O)Nc2ccc(C)c(C)c2)s1. The number of aryl methyl sites for hydroxylation is 2. The van der Waals surface area contributed by atoms with Gasteiger partial charge in [0.15, 0.2) is 8.68 Å². The molecule has 0 saturated heterocycles. The molecule has 1 aromatic heterocycles. The van der Waals surface area contributed by atoms with Crippen molar-refractivity contribution >= 4 is 46.5 Å². The summed E-state index contributed by atoms with van der Waals surface area (Å²) >= 11 is 4.69. The molecule has 0 saturated carbocycles. The van der Waals surface area contributed by atoms with Crippen molar-refractivity contribution < 1.29 is 4.79 Å². The van der Waals surface area contributed by atoms with Crippen LogP contribution < -0.4 is 5.32 Å². The number of hydrogen-bond acceptors (Lipinski definition) is 6. The van der Waals surface area contributed by atoms with Crippen molar-refractivity contribution in [2.24, 2.45) is 0 Å². The summed E-state index contributed by atoms with van der Waals surface area (Å²) < 4.78 is 1.81. The highest BCUT2D eigenvalue weighted by Crippen LogP contribution is 2.29. The Labute approximate surface area is 143 Å². The van der Waals surface area contributed by atoms with Crippen molar-refractivity contribution in [2.45, 2.75) is 35.9 Å². The van der Waals surface area contributed by atoms with Crippen LogP contribution in [0.5, 0.6) is 0 Å². The number of aromatic nitrogens is 2. The standard InChI is InChI=1S/C15H19N3OS3/c1-4-7-20-14-17-18-15(22-14)21-9-13(19)16-12-6-5-10(2)11(3)8-12/h5-6,8H,4,7,9H2,1-3H3,(H,16,19). The summed E-state index contributed by atoms with van der Waals surface area (Å²) in [7, 11) is 0. The molecule has 22 heavy (non-hydrogen) atoms. The van der Waals surface area contributed by atoms with Crippen molar-refractivity contribution in [2.75, 3.05) is 16.8 Å². The van der Waals surface area contributed by atoms with Crippen LogP contribution in [0.15, 0.2) is 26.9 Å². The Bertz CT molecular complexity index is 643. The normalized spacial score (nSPS) is 10.7. The van der Waals surface area contributed by atoms with E-state index in [-0.39, 0.29) is 5.91 Å². The molecule has 0 fully saturated rings. The van der Waals surface area contributed by atoms with Gasteiger partial charge in [0.1, 0.15) is 0 Å². The number of carbonyl (C=O) groups is 1. The van der Waals surface area contributed by atoms with E-state index in [0.717, 1.165) is 26.5 Å². The van der Waals surface area contributed by atoms with Crippen LogP contribution in [0.1, 0.15) is 24.5 Å². The molecule has 4 nitrogen and oxygen atoms in total. The third-order valence-electron chi connectivity index (χ3n) is 2.93. The lowest BCUT2D eigenvalue weighted by atomic mass is 10.1. The first-order chi connectivity index (χ1) is 10.6. The van der Waals surface area contributed by atoms with E-state index < -0.39 is 0 Å². The number of carbonyl (C=O) groups excluding carboxylic acids is 1. The first-order valence-corrected chi connectivity index (χ1v) is 9.83. The van der Waals surface area contributed by atoms with E-state index >= 15 is 0 Å². The zero-order chi connectivity index (χ0) is 15.9. The van der Waals surface area contributed by atoms with Gasteiger partial charge < -0.3 is 5.32 Å². The van der Waals surface area contributed by atoms with Crippen LogP contribution in [0.25, 0.3) is 0 Å². The summed E-state index contributed by atoms with van der Waals surface area (Å²) in [6, 6.07) is 5.93. The minimum Gasteiger partial charge on any atom is -0.325 e. The molecule has 2 aromatic rings. The molecular formula is C15H19N3OS3. The number of benzene rings is 1. The zero-order valence-corrected chi connectivity index (χ0v) is 15.3. The van der Waals surface area contributed by atoms with Gasteiger partial charge in [-0.1, -0.05) is 47.9 Å². The molecule has 0 spiro atoms. The van der Waals surface area contributed by atoms with Gasteiger partial charge in [-0.05, 0) is 43.5 Å². The molecule has 118 valence electrons. The lowest BCUT2D eigenvalue weighted by Gasteiger charge is -2.06. The highest BCUT2D eigenvalue weighted by atomic mass is 32.2. The molecule has 1 amide bonds. The Morgan fingerprint density at radius 1 is 1.18 bits per heavy atom. The maximum Gasteiger partial charge on any atom is 0.234 e. The zero-order valence-electron chi connectivity index (χ0n) is 12.9. The first kappa shape index (κ1) is 17.3. The number of thioether (sulfide) groups is 2. The molecule has 1 N–H and O–H groups in total. The van der Waals surface area contributed by atoms with Gasteiger partial charge in [-0.2, -0.15) is 0 Å². The number of amides is 1. The van der Waals surface area contributed by atoms with Crippen LogP contribution in [0, 0.1) is 13.8 Å². The predicted molar refractivity (Wildman–Crippen MR) is 96.2 cm³/mol. The average Bonchev–Trinajstić information content (AvgIpc) is 2.95. The molecular weight excluding hydrogens is 334 g/mol. The molecule has 2 rings (SSSR count). The van der Waals surface area contributed by atoms with Crippen LogP contribution in [-0.2, 0) is 4.79 Å². The molecule has 0 atom stereocenters. The third-order valence-corrected chi connectivity index (χ3v) is 6.33. The number of nitrogens with one attached hydrogen (secondary N) is 1. The fourth-order valence-electron chi connectivity index (χ4n) is 1.65. The van der Waals surface area contributed by atoms with E-state index in [1.807, 2.05) is 25.1 Å². The number of nitrogens with zero attached hydrogens (tertiary/aromatic N) is 2. The Morgan fingerprint density at radius 3 is 2.59 bits per heavy atom. The third kappa shape index (κ3) is 5.30.